The summed E-state index contributed by atoms with van der Waals surface area (Å²) in [6, 6.07) is 3.45. The van der Waals surface area contributed by atoms with Crippen molar-refractivity contribution < 1.29 is 58.6 Å². The molecule has 1 aromatic rings. The number of amides is 1. The number of fused-ring (bicyclic) bond motifs is 2. The van der Waals surface area contributed by atoms with Crippen LogP contribution in [-0.2, 0) is 27.0 Å². The number of hydrogen-bond donors (Lipinski definition) is 0. The Kier molecular flexibility index (Phi) is 9.64. The van der Waals surface area contributed by atoms with Crippen molar-refractivity contribution in [3.63, 3.8) is 0 Å². The zero-order valence-corrected chi connectivity index (χ0v) is 26.8. The molecule has 2 unspecified atom stereocenters. The van der Waals surface area contributed by atoms with Crippen molar-refractivity contribution in [3.05, 3.63) is 29.3 Å². The second kappa shape index (κ2) is 12.7. The quantitative estimate of drug-likeness (QED) is 0.252. The Bertz CT molecular complexity index is 1340. The fraction of sp³-hybridized carbons (Fsp3) is 0.742. The SMILES string of the molecule is CC(C)(C)OC(=O)CN1CC2CC1CN2c1cc(C(F)(F)F)ccc1CN1CCCC12CCN(C(=O)OC(C(F)(F)F)C(F)(F)F)CC2. The van der Waals surface area contributed by atoms with Crippen LogP contribution in [0.4, 0.5) is 50.0 Å². The molecule has 1 amide bonds. The summed E-state index contributed by atoms with van der Waals surface area (Å²) in [4.78, 5) is 31.7. The van der Waals surface area contributed by atoms with Gasteiger partial charge in [-0.05, 0) is 77.1 Å². The first-order valence-electron chi connectivity index (χ1n) is 15.8. The molecule has 4 aliphatic heterocycles. The number of piperazine rings is 1. The molecule has 2 atom stereocenters. The second-order valence-electron chi connectivity index (χ2n) is 14.1. The fourth-order valence-electron chi connectivity index (χ4n) is 7.53. The maximum Gasteiger partial charge on any atom is 0.434 e. The van der Waals surface area contributed by atoms with Crippen LogP contribution in [0, 0.1) is 0 Å². The molecule has 0 N–H and O–H groups in total. The predicted molar refractivity (Wildman–Crippen MR) is 154 cm³/mol. The van der Waals surface area contributed by atoms with Crippen LogP contribution in [0.3, 0.4) is 0 Å². The van der Waals surface area contributed by atoms with E-state index in [9.17, 15) is 49.1 Å². The Labute approximate surface area is 272 Å². The number of carbonyl (C=O) groups excluding carboxylic acids is 2. The predicted octanol–water partition coefficient (Wildman–Crippen LogP) is 6.37. The van der Waals surface area contributed by atoms with E-state index >= 15 is 0 Å². The van der Waals surface area contributed by atoms with Crippen molar-refractivity contribution in [1.29, 1.82) is 0 Å². The number of anilines is 1. The van der Waals surface area contributed by atoms with E-state index in [2.05, 4.69) is 9.64 Å². The topological polar surface area (TPSA) is 65.6 Å². The molecule has 270 valence electrons. The van der Waals surface area contributed by atoms with E-state index in [1.807, 2.05) is 9.80 Å². The molecule has 0 saturated carbocycles. The number of esters is 1. The zero-order valence-electron chi connectivity index (χ0n) is 26.8. The van der Waals surface area contributed by atoms with E-state index in [1.54, 1.807) is 20.8 Å². The first-order valence-corrected chi connectivity index (χ1v) is 15.8. The summed E-state index contributed by atoms with van der Waals surface area (Å²) in [6.45, 7) is 6.84. The Balaban J connectivity index is 1.28. The average Bonchev–Trinajstić information content (AvgIpc) is 3.64. The van der Waals surface area contributed by atoms with E-state index in [-0.39, 0.29) is 57.1 Å². The number of nitrogens with zero attached hydrogens (tertiary/aromatic N) is 4. The van der Waals surface area contributed by atoms with Gasteiger partial charge in [-0.1, -0.05) is 6.07 Å². The van der Waals surface area contributed by atoms with Gasteiger partial charge < -0.3 is 19.3 Å². The van der Waals surface area contributed by atoms with Crippen molar-refractivity contribution in [3.8, 4) is 0 Å². The molecule has 2 bridgehead atoms. The lowest BCUT2D eigenvalue weighted by molar-refractivity contribution is -0.308. The molecule has 4 fully saturated rings. The van der Waals surface area contributed by atoms with Gasteiger partial charge in [-0.25, -0.2) is 4.79 Å². The van der Waals surface area contributed by atoms with Crippen LogP contribution in [0.5, 0.6) is 0 Å². The molecular weight excluding hydrogens is 663 g/mol. The number of ether oxygens (including phenoxy) is 2. The molecule has 1 aromatic carbocycles. The highest BCUT2D eigenvalue weighted by Gasteiger charge is 2.60. The van der Waals surface area contributed by atoms with Crippen molar-refractivity contribution in [1.82, 2.24) is 14.7 Å². The van der Waals surface area contributed by atoms with Crippen LogP contribution in [0.2, 0.25) is 0 Å². The summed E-state index contributed by atoms with van der Waals surface area (Å²) in [5.74, 6) is -0.375. The first-order chi connectivity index (χ1) is 22.1. The Morgan fingerprint density at radius 1 is 0.896 bits per heavy atom. The van der Waals surface area contributed by atoms with Crippen molar-refractivity contribution >= 4 is 17.7 Å². The summed E-state index contributed by atoms with van der Waals surface area (Å²) in [5, 5.41) is 0. The standard InChI is InChI=1S/C31H39F9N4O4/c1-27(2,3)48-24(45)18-42-16-22-14-21(42)17-44(22)23-13-20(29(32,33)34)6-5-19(23)15-43-10-4-7-28(43)8-11-41(12-9-28)26(46)47-25(30(35,36)37)31(38,39)40/h5-6,13,21-22,25H,4,7-12,14-18H2,1-3H3. The van der Waals surface area contributed by atoms with Gasteiger partial charge in [0.2, 0.25) is 0 Å². The van der Waals surface area contributed by atoms with Gasteiger partial charge in [-0.3, -0.25) is 14.6 Å². The van der Waals surface area contributed by atoms with Crippen LogP contribution in [-0.4, -0.2) is 108 Å². The molecule has 8 nitrogen and oxygen atoms in total. The summed E-state index contributed by atoms with van der Waals surface area (Å²) in [5.41, 5.74) is -0.907. The maximum absolute atomic E-state index is 13.9. The highest BCUT2D eigenvalue weighted by molar-refractivity contribution is 5.72. The molecule has 4 aliphatic rings. The summed E-state index contributed by atoms with van der Waals surface area (Å²) in [7, 11) is 0. The van der Waals surface area contributed by atoms with Gasteiger partial charge in [0.25, 0.3) is 6.10 Å². The van der Waals surface area contributed by atoms with Crippen LogP contribution in [0.15, 0.2) is 18.2 Å². The van der Waals surface area contributed by atoms with Gasteiger partial charge in [0.1, 0.15) is 5.60 Å². The van der Waals surface area contributed by atoms with E-state index in [0.29, 0.717) is 43.7 Å². The summed E-state index contributed by atoms with van der Waals surface area (Å²) in [6.07, 6.45) is -19.6. The number of alkyl halides is 9. The number of carbonyl (C=O) groups is 2. The lowest BCUT2D eigenvalue weighted by atomic mass is 9.84. The fourth-order valence-corrected chi connectivity index (χ4v) is 7.53. The number of piperidine rings is 1. The minimum Gasteiger partial charge on any atom is -0.459 e. The third kappa shape index (κ3) is 7.92. The number of likely N-dealkylation sites (tertiary alicyclic amines) is 3. The number of halogens is 9. The van der Waals surface area contributed by atoms with E-state index in [0.717, 1.165) is 23.5 Å². The third-order valence-corrected chi connectivity index (χ3v) is 9.70. The molecule has 0 aromatic heterocycles. The van der Waals surface area contributed by atoms with Crippen LogP contribution >= 0.6 is 0 Å². The minimum atomic E-state index is -5.82. The number of hydrogen-bond acceptors (Lipinski definition) is 7. The van der Waals surface area contributed by atoms with Gasteiger partial charge in [0, 0.05) is 56.0 Å². The lowest BCUT2D eigenvalue weighted by Crippen LogP contribution is -2.54. The molecule has 48 heavy (non-hydrogen) atoms. The lowest BCUT2D eigenvalue weighted by Gasteiger charge is -2.45. The van der Waals surface area contributed by atoms with E-state index in [1.165, 1.54) is 6.07 Å². The van der Waals surface area contributed by atoms with Crippen LogP contribution < -0.4 is 4.90 Å². The van der Waals surface area contributed by atoms with Crippen molar-refractivity contribution in [2.75, 3.05) is 44.2 Å². The molecule has 0 aliphatic carbocycles. The maximum atomic E-state index is 13.9. The zero-order chi connectivity index (χ0) is 35.4. The van der Waals surface area contributed by atoms with Gasteiger partial charge in [0.15, 0.2) is 0 Å². The van der Waals surface area contributed by atoms with Gasteiger partial charge in [-0.2, -0.15) is 39.5 Å². The molecule has 0 radical (unpaired) electrons. The molecule has 5 rings (SSSR count). The van der Waals surface area contributed by atoms with E-state index in [4.69, 9.17) is 4.74 Å². The van der Waals surface area contributed by atoms with Crippen LogP contribution in [0.25, 0.3) is 0 Å². The molecule has 1 spiro atoms. The smallest absolute Gasteiger partial charge is 0.434 e. The third-order valence-electron chi connectivity index (χ3n) is 9.70. The molecule has 4 saturated heterocycles. The van der Waals surface area contributed by atoms with Crippen LogP contribution in [0.1, 0.15) is 64.0 Å². The monoisotopic (exact) mass is 702 g/mol. The van der Waals surface area contributed by atoms with Crippen molar-refractivity contribution in [2.45, 2.75) is 107 Å². The number of rotatable bonds is 6. The summed E-state index contributed by atoms with van der Waals surface area (Å²) < 4.78 is 129. The molecule has 17 heteroatoms. The largest absolute Gasteiger partial charge is 0.459 e. The van der Waals surface area contributed by atoms with Gasteiger partial charge in [0.05, 0.1) is 12.1 Å². The minimum absolute atomic E-state index is 0.0542. The Morgan fingerprint density at radius 2 is 1.54 bits per heavy atom. The van der Waals surface area contributed by atoms with Crippen molar-refractivity contribution in [2.24, 2.45) is 0 Å². The second-order valence-corrected chi connectivity index (χ2v) is 14.1. The Hall–Kier alpha value is -2.95. The molecular formula is C31H39F9N4O4. The van der Waals surface area contributed by atoms with Gasteiger partial charge in [-0.15, -0.1) is 0 Å². The highest BCUT2D eigenvalue weighted by atomic mass is 19.4. The normalized spacial score (nSPS) is 23.9. The first kappa shape index (κ1) is 36.3. The number of benzene rings is 1. The average molecular weight is 703 g/mol. The van der Waals surface area contributed by atoms with E-state index < -0.39 is 47.4 Å². The highest BCUT2D eigenvalue weighted by Crippen LogP contribution is 2.44. The Morgan fingerprint density at radius 3 is 2.08 bits per heavy atom. The van der Waals surface area contributed by atoms with Gasteiger partial charge >= 0.3 is 30.6 Å². The molecule has 4 heterocycles. The summed E-state index contributed by atoms with van der Waals surface area (Å²) >= 11 is 0.